The van der Waals surface area contributed by atoms with Crippen LogP contribution in [0.2, 0.25) is 5.02 Å². The summed E-state index contributed by atoms with van der Waals surface area (Å²) in [6.07, 6.45) is 0. The van der Waals surface area contributed by atoms with Gasteiger partial charge in [-0.2, -0.15) is 4.68 Å². The molecule has 3 rings (SSSR count). The predicted octanol–water partition coefficient (Wildman–Crippen LogP) is 3.68. The Kier molecular flexibility index (Phi) is 6.60. The maximum absolute atomic E-state index is 12.5. The average Bonchev–Trinajstić information content (AvgIpc) is 3.15. The molecule has 10 heteroatoms. The number of methoxy groups -OCH3 is 2. The number of rotatable bonds is 7. The second kappa shape index (κ2) is 9.15. The Balaban J connectivity index is 1.72. The van der Waals surface area contributed by atoms with Gasteiger partial charge < -0.3 is 14.8 Å². The SMILES string of the molecule is COc1cc(NC(=O)CSc2nnnn2-c2ccc(C)cc2C)c(OC)cc1Cl. The number of carbonyl (C=O) groups is 1. The maximum atomic E-state index is 12.5. The molecule has 0 aliphatic rings. The van der Waals surface area contributed by atoms with E-state index in [9.17, 15) is 4.79 Å². The molecule has 0 bridgehead atoms. The number of carbonyl (C=O) groups excluding carboxylic acids is 1. The van der Waals surface area contributed by atoms with Gasteiger partial charge in [-0.15, -0.1) is 5.10 Å². The van der Waals surface area contributed by atoms with E-state index < -0.39 is 0 Å². The summed E-state index contributed by atoms with van der Waals surface area (Å²) in [5.41, 5.74) is 3.53. The first kappa shape index (κ1) is 20.9. The average molecular weight is 434 g/mol. The summed E-state index contributed by atoms with van der Waals surface area (Å²) in [7, 11) is 3.00. The third kappa shape index (κ3) is 4.80. The van der Waals surface area contributed by atoms with E-state index in [2.05, 4.69) is 26.9 Å². The number of hydrogen-bond acceptors (Lipinski definition) is 7. The molecule has 0 saturated heterocycles. The third-order valence-corrected chi connectivity index (χ3v) is 5.32. The lowest BCUT2D eigenvalue weighted by Gasteiger charge is -2.13. The third-order valence-electron chi connectivity index (χ3n) is 4.10. The zero-order chi connectivity index (χ0) is 21.0. The minimum atomic E-state index is -0.243. The number of anilines is 1. The van der Waals surface area contributed by atoms with E-state index in [0.717, 1.165) is 16.8 Å². The van der Waals surface area contributed by atoms with Crippen molar-refractivity contribution >= 4 is 35.0 Å². The Morgan fingerprint density at radius 3 is 2.62 bits per heavy atom. The number of amides is 1. The van der Waals surface area contributed by atoms with Crippen molar-refractivity contribution in [1.82, 2.24) is 20.2 Å². The van der Waals surface area contributed by atoms with Gasteiger partial charge in [0.1, 0.15) is 11.5 Å². The first-order valence-electron chi connectivity index (χ1n) is 8.63. The molecule has 152 valence electrons. The van der Waals surface area contributed by atoms with Crippen LogP contribution in [0.5, 0.6) is 11.5 Å². The number of aryl methyl sites for hydroxylation is 2. The van der Waals surface area contributed by atoms with E-state index >= 15 is 0 Å². The number of nitrogens with zero attached hydrogens (tertiary/aromatic N) is 4. The number of nitrogens with one attached hydrogen (secondary N) is 1. The second-order valence-corrected chi connectivity index (χ2v) is 7.54. The van der Waals surface area contributed by atoms with Crippen LogP contribution in [0.3, 0.4) is 0 Å². The van der Waals surface area contributed by atoms with E-state index in [-0.39, 0.29) is 11.7 Å². The van der Waals surface area contributed by atoms with Crippen LogP contribution in [0.25, 0.3) is 5.69 Å². The number of halogens is 1. The molecule has 0 aliphatic carbocycles. The van der Waals surface area contributed by atoms with Crippen LogP contribution < -0.4 is 14.8 Å². The zero-order valence-corrected chi connectivity index (χ0v) is 18.0. The van der Waals surface area contributed by atoms with E-state index in [4.69, 9.17) is 21.1 Å². The van der Waals surface area contributed by atoms with Gasteiger partial charge in [0.2, 0.25) is 11.1 Å². The van der Waals surface area contributed by atoms with Crippen LogP contribution in [0.4, 0.5) is 5.69 Å². The van der Waals surface area contributed by atoms with Crippen LogP contribution in [-0.2, 0) is 4.79 Å². The van der Waals surface area contributed by atoms with Crippen LogP contribution in [0, 0.1) is 13.8 Å². The lowest BCUT2D eigenvalue weighted by molar-refractivity contribution is -0.113. The van der Waals surface area contributed by atoms with E-state index in [0.29, 0.717) is 27.4 Å². The number of ether oxygens (including phenoxy) is 2. The number of thioether (sulfide) groups is 1. The van der Waals surface area contributed by atoms with Crippen molar-refractivity contribution in [1.29, 1.82) is 0 Å². The van der Waals surface area contributed by atoms with Crippen molar-refractivity contribution in [2.45, 2.75) is 19.0 Å². The van der Waals surface area contributed by atoms with Crippen LogP contribution in [0.1, 0.15) is 11.1 Å². The fraction of sp³-hybridized carbons (Fsp3) is 0.263. The first-order valence-corrected chi connectivity index (χ1v) is 9.99. The lowest BCUT2D eigenvalue weighted by Crippen LogP contribution is -2.15. The van der Waals surface area contributed by atoms with Gasteiger partial charge in [-0.3, -0.25) is 4.79 Å². The molecule has 0 radical (unpaired) electrons. The van der Waals surface area contributed by atoms with Crippen LogP contribution in [-0.4, -0.2) is 46.1 Å². The van der Waals surface area contributed by atoms with E-state index in [1.54, 1.807) is 16.8 Å². The minimum absolute atomic E-state index is 0.110. The van der Waals surface area contributed by atoms with Gasteiger partial charge in [0, 0.05) is 12.1 Å². The molecule has 0 spiro atoms. The minimum Gasteiger partial charge on any atom is -0.495 e. The first-order chi connectivity index (χ1) is 13.9. The standard InChI is InChI=1S/C19H20ClN5O3S/c1-11-5-6-15(12(2)7-11)25-19(22-23-24-25)29-10-18(26)21-14-9-16(27-3)13(20)8-17(14)28-4/h5-9H,10H2,1-4H3,(H,21,26). The van der Waals surface area contributed by atoms with Crippen molar-refractivity contribution in [3.05, 3.63) is 46.5 Å². The van der Waals surface area contributed by atoms with Gasteiger partial charge in [-0.05, 0) is 35.9 Å². The molecule has 1 heterocycles. The predicted molar refractivity (Wildman–Crippen MR) is 113 cm³/mol. The summed E-state index contributed by atoms with van der Waals surface area (Å²) in [5.74, 6) is 0.746. The number of aromatic nitrogens is 4. The Bertz CT molecular complexity index is 1040. The molecular formula is C19H20ClN5O3S. The lowest BCUT2D eigenvalue weighted by atomic mass is 10.1. The van der Waals surface area contributed by atoms with Crippen molar-refractivity contribution in [2.75, 3.05) is 25.3 Å². The molecule has 0 fully saturated rings. The van der Waals surface area contributed by atoms with Crippen LogP contribution >= 0.6 is 23.4 Å². The van der Waals surface area contributed by atoms with E-state index in [1.807, 2.05) is 26.0 Å². The second-order valence-electron chi connectivity index (χ2n) is 6.19. The Morgan fingerprint density at radius 1 is 1.17 bits per heavy atom. The highest BCUT2D eigenvalue weighted by atomic mass is 35.5. The van der Waals surface area contributed by atoms with E-state index in [1.165, 1.54) is 26.0 Å². The van der Waals surface area contributed by atoms with Gasteiger partial charge in [-0.1, -0.05) is 41.1 Å². The van der Waals surface area contributed by atoms with Gasteiger partial charge in [-0.25, -0.2) is 0 Å². The van der Waals surface area contributed by atoms with Crippen LogP contribution in [0.15, 0.2) is 35.5 Å². The fourth-order valence-corrected chi connectivity index (χ4v) is 3.65. The normalized spacial score (nSPS) is 10.7. The fourth-order valence-electron chi connectivity index (χ4n) is 2.74. The van der Waals surface area contributed by atoms with Crippen molar-refractivity contribution in [3.63, 3.8) is 0 Å². The molecule has 0 unspecified atom stereocenters. The molecular weight excluding hydrogens is 414 g/mol. The van der Waals surface area contributed by atoms with Gasteiger partial charge in [0.15, 0.2) is 0 Å². The summed E-state index contributed by atoms with van der Waals surface area (Å²) in [4.78, 5) is 12.5. The number of tetrazole rings is 1. The molecule has 1 N–H and O–H groups in total. The monoisotopic (exact) mass is 433 g/mol. The Morgan fingerprint density at radius 2 is 1.93 bits per heavy atom. The molecule has 0 atom stereocenters. The highest BCUT2D eigenvalue weighted by Crippen LogP contribution is 2.36. The van der Waals surface area contributed by atoms with Crippen molar-refractivity contribution in [2.24, 2.45) is 0 Å². The summed E-state index contributed by atoms with van der Waals surface area (Å²) >= 11 is 7.33. The van der Waals surface area contributed by atoms with Gasteiger partial charge >= 0.3 is 0 Å². The topological polar surface area (TPSA) is 91.2 Å². The van der Waals surface area contributed by atoms with Crippen molar-refractivity contribution in [3.8, 4) is 17.2 Å². The molecule has 2 aromatic carbocycles. The van der Waals surface area contributed by atoms with Crippen molar-refractivity contribution < 1.29 is 14.3 Å². The summed E-state index contributed by atoms with van der Waals surface area (Å²) in [5, 5.41) is 15.5. The quantitative estimate of drug-likeness (QED) is 0.568. The molecule has 8 nitrogen and oxygen atoms in total. The number of hydrogen-bond donors (Lipinski definition) is 1. The zero-order valence-electron chi connectivity index (χ0n) is 16.4. The highest BCUT2D eigenvalue weighted by molar-refractivity contribution is 7.99. The summed E-state index contributed by atoms with van der Waals surface area (Å²) in [6.45, 7) is 4.02. The number of benzene rings is 2. The smallest absolute Gasteiger partial charge is 0.234 e. The Labute approximate surface area is 177 Å². The molecule has 1 amide bonds. The highest BCUT2D eigenvalue weighted by Gasteiger charge is 2.16. The largest absolute Gasteiger partial charge is 0.495 e. The summed E-state index contributed by atoms with van der Waals surface area (Å²) < 4.78 is 12.1. The molecule has 29 heavy (non-hydrogen) atoms. The van der Waals surface area contributed by atoms with Gasteiger partial charge in [0.05, 0.1) is 36.4 Å². The van der Waals surface area contributed by atoms with Gasteiger partial charge in [0.25, 0.3) is 0 Å². The summed E-state index contributed by atoms with van der Waals surface area (Å²) in [6, 6.07) is 9.20. The Hall–Kier alpha value is -2.78. The molecule has 3 aromatic rings. The molecule has 0 saturated carbocycles. The maximum Gasteiger partial charge on any atom is 0.234 e. The molecule has 0 aliphatic heterocycles. The molecule has 1 aromatic heterocycles.